The van der Waals surface area contributed by atoms with Crippen LogP contribution in [0.15, 0.2) is 158 Å². The molecule has 0 atom stereocenters. The van der Waals surface area contributed by atoms with E-state index in [0.29, 0.717) is 11.3 Å². The SMILES string of the molecule is [C-]#[N+]c1cccc(-c2cccc(-c3cc(C#N)cc(-n4c5ccccc5c5ccccc54)c3)c2)c1-n1c2ccccc2c2ccccc21. The van der Waals surface area contributed by atoms with Crippen LogP contribution in [0.2, 0.25) is 0 Å². The first-order chi connectivity index (χ1) is 23.7. The summed E-state index contributed by atoms with van der Waals surface area (Å²) in [6, 6.07) is 56.5. The first-order valence-electron chi connectivity index (χ1n) is 15.9. The fraction of sp³-hybridized carbons (Fsp3) is 0. The predicted molar refractivity (Wildman–Crippen MR) is 197 cm³/mol. The Labute approximate surface area is 277 Å². The summed E-state index contributed by atoms with van der Waals surface area (Å²) >= 11 is 0. The molecule has 0 saturated heterocycles. The Kier molecular flexibility index (Phi) is 6.22. The van der Waals surface area contributed by atoms with Gasteiger partial charge in [-0.15, -0.1) is 0 Å². The number of benzene rings is 7. The minimum atomic E-state index is 0.588. The van der Waals surface area contributed by atoms with E-state index in [1.54, 1.807) is 0 Å². The van der Waals surface area contributed by atoms with Gasteiger partial charge in [-0.1, -0.05) is 109 Å². The molecule has 0 bridgehead atoms. The molecule has 0 unspecified atom stereocenters. The molecule has 48 heavy (non-hydrogen) atoms. The van der Waals surface area contributed by atoms with Crippen LogP contribution in [0.1, 0.15) is 5.56 Å². The Morgan fingerprint density at radius 2 is 1.00 bits per heavy atom. The number of hydrogen-bond acceptors (Lipinski definition) is 1. The summed E-state index contributed by atoms with van der Waals surface area (Å²) in [4.78, 5) is 4.01. The number of nitrogens with zero attached hydrogens (tertiary/aromatic N) is 4. The van der Waals surface area contributed by atoms with Crippen LogP contribution in [0, 0.1) is 17.9 Å². The molecule has 2 heterocycles. The first-order valence-corrected chi connectivity index (χ1v) is 15.9. The van der Waals surface area contributed by atoms with Crippen LogP contribution in [0.5, 0.6) is 0 Å². The van der Waals surface area contributed by atoms with E-state index in [4.69, 9.17) is 6.57 Å². The van der Waals surface area contributed by atoms with E-state index < -0.39 is 0 Å². The average Bonchev–Trinajstić information content (AvgIpc) is 3.67. The second-order valence-corrected chi connectivity index (χ2v) is 12.0. The number of nitriles is 1. The highest BCUT2D eigenvalue weighted by Gasteiger charge is 2.19. The zero-order chi connectivity index (χ0) is 32.2. The second kappa shape index (κ2) is 10.9. The zero-order valence-corrected chi connectivity index (χ0v) is 25.8. The number of aromatic nitrogens is 2. The van der Waals surface area contributed by atoms with Gasteiger partial charge in [0.25, 0.3) is 0 Å². The van der Waals surface area contributed by atoms with Crippen molar-refractivity contribution in [1.82, 2.24) is 9.13 Å². The van der Waals surface area contributed by atoms with Crippen molar-refractivity contribution in [2.75, 3.05) is 0 Å². The van der Waals surface area contributed by atoms with Crippen molar-refractivity contribution in [1.29, 1.82) is 5.26 Å². The van der Waals surface area contributed by atoms with Crippen molar-refractivity contribution in [3.8, 4) is 39.7 Å². The molecule has 0 N–H and O–H groups in total. The van der Waals surface area contributed by atoms with Gasteiger partial charge in [0.05, 0.1) is 46.0 Å². The maximum absolute atomic E-state index is 10.2. The largest absolute Gasteiger partial charge is 0.318 e. The van der Waals surface area contributed by atoms with E-state index >= 15 is 0 Å². The molecule has 0 amide bonds. The van der Waals surface area contributed by atoms with Gasteiger partial charge in [-0.05, 0) is 70.8 Å². The van der Waals surface area contributed by atoms with Crippen LogP contribution in [-0.4, -0.2) is 9.13 Å². The van der Waals surface area contributed by atoms with Crippen LogP contribution in [0.25, 0.3) is 82.1 Å². The monoisotopic (exact) mass is 610 g/mol. The van der Waals surface area contributed by atoms with Crippen LogP contribution in [-0.2, 0) is 0 Å². The van der Waals surface area contributed by atoms with Crippen molar-refractivity contribution in [3.63, 3.8) is 0 Å². The summed E-state index contributed by atoms with van der Waals surface area (Å²) in [7, 11) is 0. The van der Waals surface area contributed by atoms with Gasteiger partial charge in [0.1, 0.15) is 0 Å². The molecule has 0 saturated carbocycles. The summed E-state index contributed by atoms with van der Waals surface area (Å²) < 4.78 is 4.48. The Hall–Kier alpha value is -6.88. The number of fused-ring (bicyclic) bond motifs is 6. The van der Waals surface area contributed by atoms with Crippen LogP contribution in [0.3, 0.4) is 0 Å². The molecule has 9 rings (SSSR count). The van der Waals surface area contributed by atoms with E-state index in [1.165, 1.54) is 10.8 Å². The van der Waals surface area contributed by atoms with Crippen LogP contribution in [0.4, 0.5) is 5.69 Å². The number of para-hydroxylation sites is 5. The van der Waals surface area contributed by atoms with E-state index in [9.17, 15) is 5.26 Å². The third-order valence-corrected chi connectivity index (χ3v) is 9.33. The lowest BCUT2D eigenvalue weighted by Crippen LogP contribution is -1.98. The lowest BCUT2D eigenvalue weighted by atomic mass is 9.96. The van der Waals surface area contributed by atoms with Crippen molar-refractivity contribution < 1.29 is 0 Å². The number of hydrogen-bond donors (Lipinski definition) is 0. The molecule has 9 aromatic rings. The van der Waals surface area contributed by atoms with E-state index in [-0.39, 0.29) is 0 Å². The maximum atomic E-state index is 10.2. The van der Waals surface area contributed by atoms with Crippen LogP contribution < -0.4 is 0 Å². The highest BCUT2D eigenvalue weighted by atomic mass is 15.0. The highest BCUT2D eigenvalue weighted by molar-refractivity contribution is 6.11. The Balaban J connectivity index is 1.26. The smallest absolute Gasteiger partial charge is 0.211 e. The molecule has 222 valence electrons. The van der Waals surface area contributed by atoms with Gasteiger partial charge >= 0.3 is 0 Å². The Bertz CT molecular complexity index is 2710. The molecule has 0 aliphatic heterocycles. The van der Waals surface area contributed by atoms with Crippen molar-refractivity contribution in [3.05, 3.63) is 175 Å². The normalized spacial score (nSPS) is 11.3. The standard InChI is InChI=1S/C44H26N4/c1-46-39-19-11-18-34(44(39)48-42-22-8-4-16-37(42)38-17-5-9-23-43(38)48)31-13-10-12-30(26-31)32-24-29(28-45)25-33(27-32)47-40-20-6-2-14-35(40)36-15-3-7-21-41(36)47/h2-27H. The highest BCUT2D eigenvalue weighted by Crippen LogP contribution is 2.42. The van der Waals surface area contributed by atoms with Gasteiger partial charge < -0.3 is 9.13 Å². The zero-order valence-electron chi connectivity index (χ0n) is 25.8. The minimum absolute atomic E-state index is 0.588. The lowest BCUT2D eigenvalue weighted by Gasteiger charge is -2.17. The molecular formula is C44H26N4. The summed E-state index contributed by atoms with van der Waals surface area (Å²) in [5, 5.41) is 14.8. The maximum Gasteiger partial charge on any atom is 0.211 e. The topological polar surface area (TPSA) is 38.0 Å². The average molecular weight is 611 g/mol. The number of rotatable bonds is 4. The summed E-state index contributed by atoms with van der Waals surface area (Å²) in [5.41, 5.74) is 11.2. The molecule has 4 heteroatoms. The third-order valence-electron chi connectivity index (χ3n) is 9.33. The van der Waals surface area contributed by atoms with E-state index in [2.05, 4.69) is 154 Å². The van der Waals surface area contributed by atoms with Gasteiger partial charge in [0, 0.05) is 27.2 Å². The predicted octanol–water partition coefficient (Wildman–Crippen LogP) is 11.6. The fourth-order valence-corrected chi connectivity index (χ4v) is 7.29. The van der Waals surface area contributed by atoms with Gasteiger partial charge in [-0.25, -0.2) is 4.85 Å². The fourth-order valence-electron chi connectivity index (χ4n) is 7.29. The summed E-state index contributed by atoms with van der Waals surface area (Å²) in [6.45, 7) is 8.17. The van der Waals surface area contributed by atoms with Gasteiger partial charge in [0.2, 0.25) is 5.69 Å². The third kappa shape index (κ3) is 4.14. The van der Waals surface area contributed by atoms with E-state index in [1.807, 2.05) is 24.3 Å². The molecule has 0 fully saturated rings. The molecule has 0 radical (unpaired) electrons. The summed E-state index contributed by atoms with van der Waals surface area (Å²) in [5.74, 6) is 0. The molecular weight excluding hydrogens is 585 g/mol. The van der Waals surface area contributed by atoms with Crippen LogP contribution >= 0.6 is 0 Å². The first kappa shape index (κ1) is 27.4. The van der Waals surface area contributed by atoms with Crippen molar-refractivity contribution in [2.24, 2.45) is 0 Å². The van der Waals surface area contributed by atoms with Crippen molar-refractivity contribution in [2.45, 2.75) is 0 Å². The Morgan fingerprint density at radius 3 is 1.56 bits per heavy atom. The molecule has 4 nitrogen and oxygen atoms in total. The van der Waals surface area contributed by atoms with Crippen molar-refractivity contribution >= 4 is 49.3 Å². The van der Waals surface area contributed by atoms with Gasteiger partial charge in [-0.3, -0.25) is 0 Å². The molecule has 0 aliphatic carbocycles. The van der Waals surface area contributed by atoms with Gasteiger partial charge in [-0.2, -0.15) is 5.26 Å². The second-order valence-electron chi connectivity index (χ2n) is 12.0. The summed E-state index contributed by atoms with van der Waals surface area (Å²) in [6.07, 6.45) is 0. The molecule has 7 aromatic carbocycles. The molecule has 0 aliphatic rings. The quantitative estimate of drug-likeness (QED) is 0.183. The lowest BCUT2D eigenvalue weighted by molar-refractivity contribution is 1.18. The van der Waals surface area contributed by atoms with E-state index in [0.717, 1.165) is 66.5 Å². The van der Waals surface area contributed by atoms with Gasteiger partial charge in [0.15, 0.2) is 0 Å². The molecule has 2 aromatic heterocycles. The molecule has 0 spiro atoms. The minimum Gasteiger partial charge on any atom is -0.318 e. The Morgan fingerprint density at radius 1 is 0.479 bits per heavy atom.